The maximum atomic E-state index is 14.2. The molecule has 192 valence electrons. The molecule has 1 aliphatic rings. The van der Waals surface area contributed by atoms with E-state index in [1.54, 1.807) is 4.90 Å². The Bertz CT molecular complexity index is 1520. The van der Waals surface area contributed by atoms with Gasteiger partial charge in [0.2, 0.25) is 5.91 Å². The molecule has 38 heavy (non-hydrogen) atoms. The molecule has 2 amide bonds. The first-order chi connectivity index (χ1) is 18.3. The van der Waals surface area contributed by atoms with Crippen molar-refractivity contribution in [3.63, 3.8) is 0 Å². The lowest BCUT2D eigenvalue weighted by atomic mass is 9.97. The number of aromatic nitrogens is 1. The van der Waals surface area contributed by atoms with E-state index in [1.165, 1.54) is 29.2 Å². The normalized spacial score (nSPS) is 14.1. The Morgan fingerprint density at radius 3 is 2.34 bits per heavy atom. The minimum Gasteiger partial charge on any atom is -0.327 e. The van der Waals surface area contributed by atoms with Crippen LogP contribution < -0.4 is 4.90 Å². The lowest BCUT2D eigenvalue weighted by Crippen LogP contribution is -2.48. The number of para-hydroxylation sites is 2. The van der Waals surface area contributed by atoms with Crippen molar-refractivity contribution in [3.8, 4) is 5.69 Å². The highest BCUT2D eigenvalue weighted by Crippen LogP contribution is 2.42. The van der Waals surface area contributed by atoms with E-state index in [1.807, 2.05) is 87.6 Å². The Kier molecular flexibility index (Phi) is 6.55. The average Bonchev–Trinajstić information content (AvgIpc) is 3.41. The highest BCUT2D eigenvalue weighted by molar-refractivity contribution is 6.03. The summed E-state index contributed by atoms with van der Waals surface area (Å²) >= 11 is 0. The van der Waals surface area contributed by atoms with E-state index in [0.717, 1.165) is 28.2 Å². The highest BCUT2D eigenvalue weighted by atomic mass is 16.6. The van der Waals surface area contributed by atoms with Gasteiger partial charge in [-0.05, 0) is 56.7 Å². The molecule has 1 aromatic heterocycles. The zero-order valence-electron chi connectivity index (χ0n) is 21.4. The Morgan fingerprint density at radius 1 is 0.947 bits per heavy atom. The topological polar surface area (TPSA) is 88.7 Å². The first-order valence-electron chi connectivity index (χ1n) is 12.5. The molecule has 5 rings (SSSR count). The van der Waals surface area contributed by atoms with E-state index >= 15 is 0 Å². The molecule has 0 saturated heterocycles. The molecule has 8 heteroatoms. The molecule has 0 bridgehead atoms. The second kappa shape index (κ2) is 9.97. The largest absolute Gasteiger partial charge is 0.327 e. The lowest BCUT2D eigenvalue weighted by molar-refractivity contribution is -0.384. The zero-order chi connectivity index (χ0) is 27.0. The number of carbonyl (C=O) groups excluding carboxylic acids is 2. The Hall–Kier alpha value is -4.72. The molecule has 2 heterocycles. The maximum absolute atomic E-state index is 14.2. The fraction of sp³-hybridized carbons (Fsp3) is 0.200. The minimum atomic E-state index is -0.534. The fourth-order valence-electron chi connectivity index (χ4n) is 4.96. The number of amides is 2. The number of fused-ring (bicyclic) bond motifs is 3. The molecule has 3 aromatic carbocycles. The van der Waals surface area contributed by atoms with Gasteiger partial charge >= 0.3 is 0 Å². The molecular formula is C30H28N4O4. The summed E-state index contributed by atoms with van der Waals surface area (Å²) < 4.78 is 2.10. The Morgan fingerprint density at radius 2 is 1.66 bits per heavy atom. The molecule has 8 nitrogen and oxygen atoms in total. The van der Waals surface area contributed by atoms with Gasteiger partial charge in [-0.1, -0.05) is 48.0 Å². The summed E-state index contributed by atoms with van der Waals surface area (Å²) in [6.07, 6.45) is 1.99. The zero-order valence-corrected chi connectivity index (χ0v) is 21.4. The van der Waals surface area contributed by atoms with E-state index in [0.29, 0.717) is 0 Å². The van der Waals surface area contributed by atoms with E-state index in [4.69, 9.17) is 0 Å². The number of hydrogen-bond acceptors (Lipinski definition) is 4. The Labute approximate surface area is 220 Å². The third-order valence-electron chi connectivity index (χ3n) is 6.87. The van der Waals surface area contributed by atoms with Crippen LogP contribution in [0.3, 0.4) is 0 Å². The van der Waals surface area contributed by atoms with Crippen molar-refractivity contribution in [1.82, 2.24) is 9.47 Å². The number of carbonyl (C=O) groups is 2. The first-order valence-corrected chi connectivity index (χ1v) is 12.5. The van der Waals surface area contributed by atoms with Gasteiger partial charge < -0.3 is 9.47 Å². The van der Waals surface area contributed by atoms with Crippen LogP contribution in [-0.2, 0) is 4.79 Å². The number of aryl methyl sites for hydroxylation is 1. The standard InChI is InChI=1S/C30H28N4O4/c1-20(2)32(30(36)23-8-6-9-24(18-23)34(37)38)19-28(35)33-26-11-5-4-10-25(26)31-17-7-12-27(31)29(33)22-15-13-21(3)14-16-22/h4-18,20,29H,19H2,1-3H3. The number of anilines is 1. The second-order valence-electron chi connectivity index (χ2n) is 9.70. The van der Waals surface area contributed by atoms with Crippen molar-refractivity contribution in [2.75, 3.05) is 11.4 Å². The van der Waals surface area contributed by atoms with Crippen LogP contribution in [0.4, 0.5) is 11.4 Å². The second-order valence-corrected chi connectivity index (χ2v) is 9.70. The number of benzene rings is 3. The fourth-order valence-corrected chi connectivity index (χ4v) is 4.96. The molecule has 0 radical (unpaired) electrons. The molecule has 0 aliphatic carbocycles. The van der Waals surface area contributed by atoms with Crippen LogP contribution in [0, 0.1) is 17.0 Å². The number of non-ortho nitro benzene ring substituents is 1. The quantitative estimate of drug-likeness (QED) is 0.248. The van der Waals surface area contributed by atoms with Crippen LogP contribution in [-0.4, -0.2) is 38.8 Å². The van der Waals surface area contributed by atoms with Gasteiger partial charge in [0.25, 0.3) is 11.6 Å². The van der Waals surface area contributed by atoms with Crippen molar-refractivity contribution < 1.29 is 14.5 Å². The molecule has 0 spiro atoms. The van der Waals surface area contributed by atoms with Gasteiger partial charge in [-0.3, -0.25) is 24.6 Å². The van der Waals surface area contributed by atoms with Crippen LogP contribution in [0.5, 0.6) is 0 Å². The van der Waals surface area contributed by atoms with E-state index in [-0.39, 0.29) is 29.7 Å². The summed E-state index contributed by atoms with van der Waals surface area (Å²) in [7, 11) is 0. The van der Waals surface area contributed by atoms with E-state index in [9.17, 15) is 19.7 Å². The molecule has 0 N–H and O–H groups in total. The molecule has 0 fully saturated rings. The molecule has 1 atom stereocenters. The summed E-state index contributed by atoms with van der Waals surface area (Å²) in [5.41, 5.74) is 4.65. The average molecular weight is 509 g/mol. The van der Waals surface area contributed by atoms with Gasteiger partial charge in [-0.25, -0.2) is 0 Å². The van der Waals surface area contributed by atoms with Gasteiger partial charge in [0.05, 0.1) is 22.0 Å². The number of nitro benzene ring substituents is 1. The molecular weight excluding hydrogens is 480 g/mol. The van der Waals surface area contributed by atoms with Crippen molar-refractivity contribution in [2.24, 2.45) is 0 Å². The van der Waals surface area contributed by atoms with Gasteiger partial charge in [0, 0.05) is 29.9 Å². The number of nitrogens with zero attached hydrogens (tertiary/aromatic N) is 4. The lowest BCUT2D eigenvalue weighted by Gasteiger charge is -2.40. The number of hydrogen-bond donors (Lipinski definition) is 0. The summed E-state index contributed by atoms with van der Waals surface area (Å²) in [5.74, 6) is -0.680. The SMILES string of the molecule is Cc1ccc(C2c3cccn3-c3ccccc3N2C(=O)CN(C(=O)c2cccc([N+](=O)[O-])c2)C(C)C)cc1. The minimum absolute atomic E-state index is 0.170. The van der Waals surface area contributed by atoms with Crippen molar-refractivity contribution in [1.29, 1.82) is 0 Å². The van der Waals surface area contributed by atoms with Gasteiger partial charge in [0.1, 0.15) is 12.6 Å². The third kappa shape index (κ3) is 4.45. The van der Waals surface area contributed by atoms with Crippen LogP contribution in [0.25, 0.3) is 5.69 Å². The molecule has 4 aromatic rings. The van der Waals surface area contributed by atoms with Crippen LogP contribution >= 0.6 is 0 Å². The van der Waals surface area contributed by atoms with E-state index in [2.05, 4.69) is 4.57 Å². The van der Waals surface area contributed by atoms with Crippen molar-refractivity contribution in [2.45, 2.75) is 32.9 Å². The summed E-state index contributed by atoms with van der Waals surface area (Å²) in [6.45, 7) is 5.49. The first kappa shape index (κ1) is 25.0. The third-order valence-corrected chi connectivity index (χ3v) is 6.87. The molecule has 1 aliphatic heterocycles. The number of rotatable bonds is 6. The predicted molar refractivity (Wildman–Crippen MR) is 146 cm³/mol. The summed E-state index contributed by atoms with van der Waals surface area (Å²) in [4.78, 5) is 41.6. The van der Waals surface area contributed by atoms with E-state index < -0.39 is 16.9 Å². The van der Waals surface area contributed by atoms with Gasteiger partial charge in [0.15, 0.2) is 0 Å². The highest BCUT2D eigenvalue weighted by Gasteiger charge is 2.37. The number of nitro groups is 1. The Balaban J connectivity index is 1.56. The predicted octanol–water partition coefficient (Wildman–Crippen LogP) is 5.68. The summed E-state index contributed by atoms with van der Waals surface area (Å²) in [5, 5.41) is 11.3. The molecule has 0 saturated carbocycles. The van der Waals surface area contributed by atoms with Crippen LogP contribution in [0.1, 0.15) is 47.1 Å². The van der Waals surface area contributed by atoms with Crippen molar-refractivity contribution >= 4 is 23.2 Å². The van der Waals surface area contributed by atoms with Crippen LogP contribution in [0.15, 0.2) is 91.1 Å². The monoisotopic (exact) mass is 508 g/mol. The van der Waals surface area contributed by atoms with Gasteiger partial charge in [-0.15, -0.1) is 0 Å². The van der Waals surface area contributed by atoms with Crippen LogP contribution in [0.2, 0.25) is 0 Å². The summed E-state index contributed by atoms with van der Waals surface area (Å²) in [6, 6.07) is 24.7. The smallest absolute Gasteiger partial charge is 0.270 e. The van der Waals surface area contributed by atoms with Crippen molar-refractivity contribution in [3.05, 3.63) is 124 Å². The van der Waals surface area contributed by atoms with Gasteiger partial charge in [-0.2, -0.15) is 0 Å². The molecule has 1 unspecified atom stereocenters. The maximum Gasteiger partial charge on any atom is 0.270 e.